The smallest absolute Gasteiger partial charge is 0.335 e. The predicted octanol–water partition coefficient (Wildman–Crippen LogP) is 0.264. The van der Waals surface area contributed by atoms with Gasteiger partial charge in [0.25, 0.3) is 5.91 Å². The number of piperazine rings is 1. The molecule has 2 heterocycles. The molecule has 0 saturated carbocycles. The van der Waals surface area contributed by atoms with E-state index in [-0.39, 0.29) is 23.8 Å². The lowest BCUT2D eigenvalue weighted by Crippen LogP contribution is -2.51. The molecule has 1 atom stereocenters. The summed E-state index contributed by atoms with van der Waals surface area (Å²) < 4.78 is 0. The van der Waals surface area contributed by atoms with Gasteiger partial charge in [-0.25, -0.2) is 9.69 Å². The minimum absolute atomic E-state index is 0.128. The second-order valence-corrected chi connectivity index (χ2v) is 5.98. The maximum Gasteiger partial charge on any atom is 0.335 e. The van der Waals surface area contributed by atoms with Gasteiger partial charge >= 0.3 is 5.97 Å². The third-order valence-corrected chi connectivity index (χ3v) is 4.47. The average molecular weight is 317 g/mol. The zero-order valence-corrected chi connectivity index (χ0v) is 12.9. The van der Waals surface area contributed by atoms with Crippen LogP contribution in [0.1, 0.15) is 16.8 Å². The number of nitrogens with zero attached hydrogens (tertiary/aromatic N) is 3. The Morgan fingerprint density at radius 2 is 1.70 bits per heavy atom. The molecule has 1 aromatic rings. The maximum atomic E-state index is 12.6. The fraction of sp³-hybridized carbons (Fsp3) is 0.438. The number of carboxylic acid groups (broad SMARTS) is 1. The van der Waals surface area contributed by atoms with E-state index in [1.54, 1.807) is 0 Å². The molecule has 23 heavy (non-hydrogen) atoms. The van der Waals surface area contributed by atoms with E-state index in [9.17, 15) is 14.4 Å². The Morgan fingerprint density at radius 1 is 1.09 bits per heavy atom. The number of aromatic carboxylic acids is 1. The van der Waals surface area contributed by atoms with Crippen LogP contribution in [0.2, 0.25) is 0 Å². The molecule has 1 aromatic carbocycles. The molecule has 122 valence electrons. The topological polar surface area (TPSA) is 81.2 Å². The van der Waals surface area contributed by atoms with Crippen molar-refractivity contribution in [2.45, 2.75) is 12.5 Å². The molecule has 2 amide bonds. The first-order chi connectivity index (χ1) is 11.0. The van der Waals surface area contributed by atoms with E-state index in [1.165, 1.54) is 29.2 Å². The molecule has 3 rings (SSSR count). The minimum Gasteiger partial charge on any atom is -0.478 e. The summed E-state index contributed by atoms with van der Waals surface area (Å²) in [5, 5.41) is 8.92. The Hall–Kier alpha value is -2.25. The van der Waals surface area contributed by atoms with Crippen LogP contribution in [-0.4, -0.2) is 72.0 Å². The molecule has 7 nitrogen and oxygen atoms in total. The normalized spacial score (nSPS) is 23.5. The second kappa shape index (κ2) is 6.10. The molecule has 0 bridgehead atoms. The van der Waals surface area contributed by atoms with E-state index in [1.807, 2.05) is 7.05 Å². The highest BCUT2D eigenvalue weighted by atomic mass is 16.4. The largest absolute Gasteiger partial charge is 0.478 e. The molecule has 2 aliphatic heterocycles. The third kappa shape index (κ3) is 2.97. The summed E-state index contributed by atoms with van der Waals surface area (Å²) in [6.45, 7) is 3.30. The highest BCUT2D eigenvalue weighted by molar-refractivity contribution is 6.22. The Balaban J connectivity index is 1.77. The van der Waals surface area contributed by atoms with E-state index in [2.05, 4.69) is 9.80 Å². The first-order valence-electron chi connectivity index (χ1n) is 7.60. The van der Waals surface area contributed by atoms with Crippen LogP contribution in [0, 0.1) is 0 Å². The molecular formula is C16H19N3O4. The van der Waals surface area contributed by atoms with E-state index in [0.29, 0.717) is 5.69 Å². The maximum absolute atomic E-state index is 12.6. The highest BCUT2D eigenvalue weighted by Crippen LogP contribution is 2.26. The summed E-state index contributed by atoms with van der Waals surface area (Å²) in [7, 11) is 2.04. The predicted molar refractivity (Wildman–Crippen MR) is 83.4 cm³/mol. The number of hydrogen-bond acceptors (Lipinski definition) is 5. The van der Waals surface area contributed by atoms with Crippen molar-refractivity contribution in [2.24, 2.45) is 0 Å². The SMILES string of the molecule is CN1CCN([C@H]2CC(=O)N(c3ccc(C(=O)O)cc3)C2=O)CC1. The number of amides is 2. The summed E-state index contributed by atoms with van der Waals surface area (Å²) in [5.74, 6) is -1.49. The van der Waals surface area contributed by atoms with Gasteiger partial charge in [-0.2, -0.15) is 0 Å². The molecule has 0 unspecified atom stereocenters. The molecule has 0 aliphatic carbocycles. The van der Waals surface area contributed by atoms with Gasteiger partial charge in [0.1, 0.15) is 0 Å². The van der Waals surface area contributed by atoms with Crippen molar-refractivity contribution < 1.29 is 19.5 Å². The number of carboxylic acids is 1. The summed E-state index contributed by atoms with van der Waals surface area (Å²) in [4.78, 5) is 41.2. The van der Waals surface area contributed by atoms with Crippen molar-refractivity contribution in [3.63, 3.8) is 0 Å². The van der Waals surface area contributed by atoms with Crippen molar-refractivity contribution in [2.75, 3.05) is 38.1 Å². The quantitative estimate of drug-likeness (QED) is 0.806. The summed E-state index contributed by atoms with van der Waals surface area (Å²) in [6.07, 6.45) is 0.184. The lowest BCUT2D eigenvalue weighted by atomic mass is 10.2. The van der Waals surface area contributed by atoms with Gasteiger partial charge in [0.05, 0.1) is 23.7 Å². The van der Waals surface area contributed by atoms with Crippen molar-refractivity contribution in [3.05, 3.63) is 29.8 Å². The minimum atomic E-state index is -1.04. The van der Waals surface area contributed by atoms with Crippen LogP contribution >= 0.6 is 0 Å². The average Bonchev–Trinajstić information content (AvgIpc) is 2.83. The van der Waals surface area contributed by atoms with Crippen LogP contribution in [0.25, 0.3) is 0 Å². The van der Waals surface area contributed by atoms with Crippen molar-refractivity contribution in [3.8, 4) is 0 Å². The zero-order chi connectivity index (χ0) is 16.6. The fourth-order valence-electron chi connectivity index (χ4n) is 3.06. The van der Waals surface area contributed by atoms with Gasteiger partial charge in [0.2, 0.25) is 5.91 Å². The Bertz CT molecular complexity index is 635. The highest BCUT2D eigenvalue weighted by Gasteiger charge is 2.43. The van der Waals surface area contributed by atoms with Gasteiger partial charge in [-0.15, -0.1) is 0 Å². The van der Waals surface area contributed by atoms with Gasteiger partial charge in [-0.3, -0.25) is 14.5 Å². The third-order valence-electron chi connectivity index (χ3n) is 4.47. The first-order valence-corrected chi connectivity index (χ1v) is 7.60. The molecule has 7 heteroatoms. The number of benzene rings is 1. The van der Waals surface area contributed by atoms with E-state index < -0.39 is 12.0 Å². The van der Waals surface area contributed by atoms with Crippen LogP contribution in [0.3, 0.4) is 0 Å². The molecule has 0 radical (unpaired) electrons. The van der Waals surface area contributed by atoms with Crippen LogP contribution in [0.15, 0.2) is 24.3 Å². The molecule has 2 fully saturated rings. The number of likely N-dealkylation sites (N-methyl/N-ethyl adjacent to an activating group) is 1. The van der Waals surface area contributed by atoms with Gasteiger partial charge < -0.3 is 10.0 Å². The number of hydrogen-bond donors (Lipinski definition) is 1. The van der Waals surface area contributed by atoms with Crippen molar-refractivity contribution >= 4 is 23.5 Å². The van der Waals surface area contributed by atoms with Crippen LogP contribution < -0.4 is 4.90 Å². The van der Waals surface area contributed by atoms with Crippen LogP contribution in [0.5, 0.6) is 0 Å². The lowest BCUT2D eigenvalue weighted by molar-refractivity contribution is -0.123. The summed E-state index contributed by atoms with van der Waals surface area (Å²) >= 11 is 0. The molecular weight excluding hydrogens is 298 g/mol. The number of carbonyl (C=O) groups is 3. The Labute approximate surface area is 134 Å². The molecule has 0 aromatic heterocycles. The monoisotopic (exact) mass is 317 g/mol. The van der Waals surface area contributed by atoms with Gasteiger partial charge in [0, 0.05) is 26.2 Å². The van der Waals surface area contributed by atoms with Crippen molar-refractivity contribution in [1.82, 2.24) is 9.80 Å². The number of anilines is 1. The van der Waals surface area contributed by atoms with Crippen LogP contribution in [-0.2, 0) is 9.59 Å². The molecule has 2 aliphatic rings. The second-order valence-electron chi connectivity index (χ2n) is 5.98. The fourth-order valence-corrected chi connectivity index (χ4v) is 3.06. The van der Waals surface area contributed by atoms with Gasteiger partial charge in [-0.1, -0.05) is 0 Å². The van der Waals surface area contributed by atoms with Gasteiger partial charge in [0.15, 0.2) is 0 Å². The number of carbonyl (C=O) groups excluding carboxylic acids is 2. The first kappa shape index (κ1) is 15.6. The Morgan fingerprint density at radius 3 is 2.26 bits per heavy atom. The van der Waals surface area contributed by atoms with E-state index >= 15 is 0 Å². The molecule has 0 spiro atoms. The standard InChI is InChI=1S/C16H19N3O4/c1-17-6-8-18(9-7-17)13-10-14(20)19(15(13)21)12-4-2-11(3-5-12)16(22)23/h2-5,13H,6-10H2,1H3,(H,22,23)/t13-/m0/s1. The zero-order valence-electron chi connectivity index (χ0n) is 12.9. The number of imide groups is 1. The van der Waals surface area contributed by atoms with Crippen molar-refractivity contribution in [1.29, 1.82) is 0 Å². The van der Waals surface area contributed by atoms with E-state index in [0.717, 1.165) is 26.2 Å². The molecule has 1 N–H and O–H groups in total. The van der Waals surface area contributed by atoms with Crippen LogP contribution in [0.4, 0.5) is 5.69 Å². The lowest BCUT2D eigenvalue weighted by Gasteiger charge is -2.35. The van der Waals surface area contributed by atoms with E-state index in [4.69, 9.17) is 5.11 Å². The number of rotatable bonds is 3. The Kier molecular flexibility index (Phi) is 4.14. The summed E-state index contributed by atoms with van der Waals surface area (Å²) in [5.41, 5.74) is 0.560. The molecule has 2 saturated heterocycles. The summed E-state index contributed by atoms with van der Waals surface area (Å²) in [6, 6.07) is 5.41. The van der Waals surface area contributed by atoms with Gasteiger partial charge in [-0.05, 0) is 31.3 Å².